The number of rotatable bonds is 7. The first-order chi connectivity index (χ1) is 16.3. The lowest BCUT2D eigenvalue weighted by molar-refractivity contribution is -0.139. The molecule has 0 fully saturated rings. The number of carbonyl (C=O) groups is 3. The van der Waals surface area contributed by atoms with Crippen molar-refractivity contribution in [3.63, 3.8) is 0 Å². The van der Waals surface area contributed by atoms with Crippen LogP contribution in [0.2, 0.25) is 5.02 Å². The van der Waals surface area contributed by atoms with Crippen molar-refractivity contribution in [2.24, 2.45) is 0 Å². The molecule has 0 saturated heterocycles. The summed E-state index contributed by atoms with van der Waals surface area (Å²) in [5.74, 6) is -2.05. The van der Waals surface area contributed by atoms with Crippen molar-refractivity contribution in [2.75, 3.05) is 11.9 Å². The second kappa shape index (κ2) is 9.97. The molecular weight excluding hydrogens is 456 g/mol. The number of aryl methyl sites for hydroxylation is 1. The minimum atomic E-state index is -1.32. The molecule has 1 aliphatic carbocycles. The molecule has 0 unspecified atom stereocenters. The van der Waals surface area contributed by atoms with Crippen LogP contribution in [0.4, 0.5) is 10.5 Å². The minimum Gasteiger partial charge on any atom is -0.481 e. The highest BCUT2D eigenvalue weighted by Gasteiger charge is 2.30. The van der Waals surface area contributed by atoms with E-state index in [1.54, 1.807) is 25.1 Å². The molecule has 34 heavy (non-hydrogen) atoms. The van der Waals surface area contributed by atoms with Crippen LogP contribution in [0.1, 0.15) is 29.0 Å². The third-order valence-electron chi connectivity index (χ3n) is 5.76. The number of carbonyl (C=O) groups excluding carboxylic acids is 2. The van der Waals surface area contributed by atoms with E-state index in [-0.39, 0.29) is 12.5 Å². The van der Waals surface area contributed by atoms with E-state index in [4.69, 9.17) is 16.3 Å². The number of ether oxygens (including phenoxy) is 1. The van der Waals surface area contributed by atoms with Gasteiger partial charge in [-0.2, -0.15) is 0 Å². The maximum absolute atomic E-state index is 12.7. The number of carboxylic acid groups (broad SMARTS) is 1. The van der Waals surface area contributed by atoms with Gasteiger partial charge in [0.15, 0.2) is 0 Å². The molecule has 0 saturated carbocycles. The second-order valence-corrected chi connectivity index (χ2v) is 8.48. The molecule has 3 N–H and O–H groups in total. The van der Waals surface area contributed by atoms with Crippen molar-refractivity contribution in [3.8, 4) is 11.1 Å². The highest BCUT2D eigenvalue weighted by atomic mass is 35.5. The third-order valence-corrected chi connectivity index (χ3v) is 6.18. The Hall–Kier alpha value is -3.84. The molecule has 4 rings (SSSR count). The van der Waals surface area contributed by atoms with Crippen LogP contribution >= 0.6 is 11.6 Å². The topological polar surface area (TPSA) is 105 Å². The number of fused-ring (bicyclic) bond motifs is 3. The number of amides is 2. The average molecular weight is 479 g/mol. The van der Waals surface area contributed by atoms with Gasteiger partial charge in [-0.25, -0.2) is 4.79 Å². The van der Waals surface area contributed by atoms with Crippen molar-refractivity contribution in [1.29, 1.82) is 0 Å². The lowest BCUT2D eigenvalue weighted by Gasteiger charge is -2.19. The minimum absolute atomic E-state index is 0.0532. The van der Waals surface area contributed by atoms with Gasteiger partial charge < -0.3 is 20.5 Å². The Bertz CT molecular complexity index is 1210. The molecular formula is C26H23ClN2O5. The van der Waals surface area contributed by atoms with Crippen LogP contribution in [0.15, 0.2) is 66.7 Å². The van der Waals surface area contributed by atoms with Gasteiger partial charge in [0.1, 0.15) is 12.6 Å². The number of hydrogen-bond acceptors (Lipinski definition) is 4. The van der Waals surface area contributed by atoms with E-state index in [0.717, 1.165) is 27.8 Å². The van der Waals surface area contributed by atoms with Gasteiger partial charge in [0, 0.05) is 16.6 Å². The zero-order valence-electron chi connectivity index (χ0n) is 18.4. The fourth-order valence-corrected chi connectivity index (χ4v) is 4.24. The van der Waals surface area contributed by atoms with Crippen LogP contribution < -0.4 is 10.6 Å². The van der Waals surface area contributed by atoms with Crippen molar-refractivity contribution in [2.45, 2.75) is 25.3 Å². The summed E-state index contributed by atoms with van der Waals surface area (Å²) in [6.45, 7) is 1.83. The summed E-state index contributed by atoms with van der Waals surface area (Å²) >= 11 is 6.01. The lowest BCUT2D eigenvalue weighted by Crippen LogP contribution is -2.45. The predicted molar refractivity (Wildman–Crippen MR) is 129 cm³/mol. The first-order valence-electron chi connectivity index (χ1n) is 10.7. The number of aliphatic carboxylic acids is 1. The van der Waals surface area contributed by atoms with E-state index in [0.29, 0.717) is 10.7 Å². The standard InChI is InChI=1S/C26H23ClN2O5/c1-15-12-16(10-11-22(15)27)28-25(32)23(13-24(30)31)29-26(33)34-14-21-19-8-4-2-6-17(19)18-7-3-5-9-20(18)21/h2-12,21,23H,13-14H2,1H3,(H,28,32)(H,29,33)(H,30,31)/t23-/m0/s1. The molecule has 1 atom stereocenters. The summed E-state index contributed by atoms with van der Waals surface area (Å²) in [5.41, 5.74) is 5.47. The molecule has 0 radical (unpaired) electrons. The maximum atomic E-state index is 12.7. The molecule has 0 heterocycles. The zero-order valence-corrected chi connectivity index (χ0v) is 19.1. The average Bonchev–Trinajstić information content (AvgIpc) is 3.13. The summed E-state index contributed by atoms with van der Waals surface area (Å²) in [6, 6.07) is 19.4. The number of benzene rings is 3. The number of anilines is 1. The van der Waals surface area contributed by atoms with Crippen LogP contribution in [0.5, 0.6) is 0 Å². The predicted octanol–water partition coefficient (Wildman–Crippen LogP) is 4.97. The van der Waals surface area contributed by atoms with E-state index in [1.165, 1.54) is 0 Å². The zero-order chi connectivity index (χ0) is 24.2. The van der Waals surface area contributed by atoms with Crippen LogP contribution in [0.25, 0.3) is 11.1 Å². The Balaban J connectivity index is 1.43. The van der Waals surface area contributed by atoms with Crippen molar-refractivity contribution in [1.82, 2.24) is 5.32 Å². The third kappa shape index (κ3) is 5.05. The van der Waals surface area contributed by atoms with Gasteiger partial charge in [-0.1, -0.05) is 60.1 Å². The van der Waals surface area contributed by atoms with Crippen molar-refractivity contribution >= 4 is 35.3 Å². The van der Waals surface area contributed by atoms with E-state index in [1.807, 2.05) is 48.5 Å². The number of carboxylic acids is 1. The molecule has 3 aromatic carbocycles. The molecule has 0 aromatic heterocycles. The second-order valence-electron chi connectivity index (χ2n) is 8.07. The van der Waals surface area contributed by atoms with E-state index in [9.17, 15) is 19.5 Å². The Morgan fingerprint density at radius 3 is 2.21 bits per heavy atom. The first-order valence-corrected chi connectivity index (χ1v) is 11.1. The van der Waals surface area contributed by atoms with Crippen LogP contribution in [0.3, 0.4) is 0 Å². The Morgan fingerprint density at radius 2 is 1.62 bits per heavy atom. The van der Waals surface area contributed by atoms with Gasteiger partial charge in [-0.05, 0) is 52.9 Å². The highest BCUT2D eigenvalue weighted by molar-refractivity contribution is 6.31. The largest absolute Gasteiger partial charge is 0.481 e. The molecule has 2 amide bonds. The summed E-state index contributed by atoms with van der Waals surface area (Å²) in [4.78, 5) is 36.5. The monoisotopic (exact) mass is 478 g/mol. The number of alkyl carbamates (subject to hydrolysis) is 1. The van der Waals surface area contributed by atoms with E-state index < -0.39 is 30.4 Å². The number of hydrogen-bond donors (Lipinski definition) is 3. The lowest BCUT2D eigenvalue weighted by atomic mass is 9.98. The smallest absolute Gasteiger partial charge is 0.407 e. The first kappa shape index (κ1) is 23.3. The summed E-state index contributed by atoms with van der Waals surface area (Å²) in [7, 11) is 0. The molecule has 8 heteroatoms. The molecule has 3 aromatic rings. The van der Waals surface area contributed by atoms with Gasteiger partial charge in [-0.3, -0.25) is 9.59 Å². The maximum Gasteiger partial charge on any atom is 0.407 e. The molecule has 174 valence electrons. The van der Waals surface area contributed by atoms with Gasteiger partial charge in [0.25, 0.3) is 0 Å². The van der Waals surface area contributed by atoms with Gasteiger partial charge >= 0.3 is 12.1 Å². The van der Waals surface area contributed by atoms with Gasteiger partial charge in [0.05, 0.1) is 6.42 Å². The van der Waals surface area contributed by atoms with Crippen molar-refractivity contribution < 1.29 is 24.2 Å². The fourth-order valence-electron chi connectivity index (χ4n) is 4.12. The SMILES string of the molecule is Cc1cc(NC(=O)[C@H](CC(=O)O)NC(=O)OCC2c3ccccc3-c3ccccc32)ccc1Cl. The Kier molecular flexibility index (Phi) is 6.84. The normalized spacial score (nSPS) is 12.9. The van der Waals surface area contributed by atoms with Crippen LogP contribution in [-0.2, 0) is 14.3 Å². The summed E-state index contributed by atoms with van der Waals surface area (Å²) in [6.07, 6.45) is -1.46. The Labute approximate surface area is 201 Å². The molecule has 1 aliphatic rings. The molecule has 0 aliphatic heterocycles. The summed E-state index contributed by atoms with van der Waals surface area (Å²) in [5, 5.41) is 14.8. The number of nitrogens with one attached hydrogen (secondary N) is 2. The van der Waals surface area contributed by atoms with Crippen molar-refractivity contribution in [3.05, 3.63) is 88.4 Å². The number of halogens is 1. The van der Waals surface area contributed by atoms with Crippen LogP contribution in [0, 0.1) is 6.92 Å². The fraction of sp³-hybridized carbons (Fsp3) is 0.192. The van der Waals surface area contributed by atoms with Gasteiger partial charge in [-0.15, -0.1) is 0 Å². The quantitative estimate of drug-likeness (QED) is 0.444. The van der Waals surface area contributed by atoms with Gasteiger partial charge in [0.2, 0.25) is 5.91 Å². The van der Waals surface area contributed by atoms with Crippen LogP contribution in [-0.4, -0.2) is 35.7 Å². The highest BCUT2D eigenvalue weighted by Crippen LogP contribution is 2.44. The Morgan fingerprint density at radius 1 is 1.00 bits per heavy atom. The van der Waals surface area contributed by atoms with E-state index in [2.05, 4.69) is 10.6 Å². The molecule has 0 spiro atoms. The summed E-state index contributed by atoms with van der Waals surface area (Å²) < 4.78 is 5.45. The molecule has 0 bridgehead atoms. The van der Waals surface area contributed by atoms with E-state index >= 15 is 0 Å². The molecule has 7 nitrogen and oxygen atoms in total.